The Morgan fingerprint density at radius 2 is 1.45 bits per heavy atom. The van der Waals surface area contributed by atoms with Gasteiger partial charge in [0.25, 0.3) is 0 Å². The third-order valence-electron chi connectivity index (χ3n) is 6.69. The molecule has 0 amide bonds. The van der Waals surface area contributed by atoms with E-state index in [4.69, 9.17) is 0 Å². The second kappa shape index (κ2) is 8.67. The van der Waals surface area contributed by atoms with Crippen LogP contribution in [-0.2, 0) is 25.1 Å². The van der Waals surface area contributed by atoms with Gasteiger partial charge in [-0.25, -0.2) is 21.2 Å². The van der Waals surface area contributed by atoms with Crippen molar-refractivity contribution in [2.45, 2.75) is 42.4 Å². The fourth-order valence-electron chi connectivity index (χ4n) is 4.72. The van der Waals surface area contributed by atoms with Crippen LogP contribution in [0.15, 0.2) is 53.4 Å². The molecule has 2 aliphatic rings. The molecule has 4 rings (SSSR count). The van der Waals surface area contributed by atoms with Gasteiger partial charge >= 0.3 is 0 Å². The van der Waals surface area contributed by atoms with Gasteiger partial charge in [-0.15, -0.1) is 0 Å². The topological polar surface area (TPSA) is 74.8 Å². The molecule has 2 aromatic carbocycles. The molecule has 2 heterocycles. The summed E-state index contributed by atoms with van der Waals surface area (Å²) in [6, 6.07) is 12.5. The molecule has 9 heteroatoms. The van der Waals surface area contributed by atoms with Crippen LogP contribution in [0, 0.1) is 5.82 Å². The van der Waals surface area contributed by atoms with Crippen molar-refractivity contribution in [2.75, 3.05) is 42.6 Å². The zero-order valence-electron chi connectivity index (χ0n) is 19.2. The number of halogens is 1. The van der Waals surface area contributed by atoms with Crippen LogP contribution in [0.2, 0.25) is 0 Å². The fourth-order valence-corrected chi connectivity index (χ4v) is 9.55. The maximum absolute atomic E-state index is 13.5. The molecule has 2 saturated heterocycles. The smallest absolute Gasteiger partial charge is 0.183 e. The van der Waals surface area contributed by atoms with E-state index < -0.39 is 31.0 Å². The zero-order valence-corrected chi connectivity index (χ0v) is 20.9. The Morgan fingerprint density at radius 1 is 0.879 bits per heavy atom. The van der Waals surface area contributed by atoms with Gasteiger partial charge in [-0.1, -0.05) is 32.9 Å². The van der Waals surface area contributed by atoms with Crippen LogP contribution in [0.3, 0.4) is 0 Å². The van der Waals surface area contributed by atoms with Gasteiger partial charge < -0.3 is 4.90 Å². The van der Waals surface area contributed by atoms with Crippen molar-refractivity contribution in [3.63, 3.8) is 0 Å². The van der Waals surface area contributed by atoms with Crippen LogP contribution in [0.4, 0.5) is 10.1 Å². The van der Waals surface area contributed by atoms with Gasteiger partial charge in [-0.3, -0.25) is 4.90 Å². The first-order valence-electron chi connectivity index (χ1n) is 11.2. The number of anilines is 1. The Kier molecular flexibility index (Phi) is 6.35. The van der Waals surface area contributed by atoms with Gasteiger partial charge in [0.15, 0.2) is 19.7 Å². The minimum atomic E-state index is -3.82. The summed E-state index contributed by atoms with van der Waals surface area (Å²) < 4.78 is 65.3. The van der Waals surface area contributed by atoms with Crippen molar-refractivity contribution < 1.29 is 21.2 Å². The number of benzene rings is 2. The summed E-state index contributed by atoms with van der Waals surface area (Å²) in [7, 11) is -7.28. The van der Waals surface area contributed by atoms with Crippen molar-refractivity contribution in [1.82, 2.24) is 4.90 Å². The molecule has 0 N–H and O–H groups in total. The number of hydrogen-bond acceptors (Lipinski definition) is 6. The molecule has 33 heavy (non-hydrogen) atoms. The van der Waals surface area contributed by atoms with Gasteiger partial charge in [-0.2, -0.15) is 0 Å². The molecule has 0 aromatic heterocycles. The Balaban J connectivity index is 1.54. The molecule has 2 atom stereocenters. The number of piperazine rings is 1. The van der Waals surface area contributed by atoms with E-state index in [0.717, 1.165) is 11.3 Å². The number of hydrogen-bond donors (Lipinski definition) is 0. The van der Waals surface area contributed by atoms with Crippen molar-refractivity contribution in [2.24, 2.45) is 0 Å². The average Bonchev–Trinajstić information content (AvgIpc) is 3.10. The minimum Gasteiger partial charge on any atom is -0.369 e. The molecule has 0 spiro atoms. The van der Waals surface area contributed by atoms with Gasteiger partial charge in [0, 0.05) is 37.9 Å². The summed E-state index contributed by atoms with van der Waals surface area (Å²) in [4.78, 5) is 4.28. The average molecular weight is 495 g/mol. The highest BCUT2D eigenvalue weighted by Crippen LogP contribution is 2.31. The number of rotatable bonds is 4. The van der Waals surface area contributed by atoms with E-state index in [1.165, 1.54) is 12.1 Å². The molecule has 2 fully saturated rings. The van der Waals surface area contributed by atoms with Gasteiger partial charge in [0.2, 0.25) is 0 Å². The van der Waals surface area contributed by atoms with Crippen LogP contribution in [0.25, 0.3) is 0 Å². The molecule has 0 unspecified atom stereocenters. The van der Waals surface area contributed by atoms with E-state index in [9.17, 15) is 21.2 Å². The fraction of sp³-hybridized carbons (Fsp3) is 0.500. The Bertz CT molecular complexity index is 1200. The molecule has 2 aliphatic heterocycles. The molecule has 0 bridgehead atoms. The molecule has 2 aromatic rings. The molecule has 6 nitrogen and oxygen atoms in total. The van der Waals surface area contributed by atoms with Gasteiger partial charge in [-0.05, 0) is 47.4 Å². The predicted octanol–water partition coefficient (Wildman–Crippen LogP) is 2.88. The second-order valence-corrected chi connectivity index (χ2v) is 14.3. The van der Waals surface area contributed by atoms with E-state index in [1.807, 2.05) is 17.0 Å². The first-order valence-corrected chi connectivity index (χ1v) is 14.5. The van der Waals surface area contributed by atoms with Crippen LogP contribution in [0.1, 0.15) is 26.3 Å². The summed E-state index contributed by atoms with van der Waals surface area (Å²) >= 11 is 0. The Morgan fingerprint density at radius 3 is 2.00 bits per heavy atom. The molecule has 0 aliphatic carbocycles. The predicted molar refractivity (Wildman–Crippen MR) is 129 cm³/mol. The zero-order chi connectivity index (χ0) is 24.0. The first-order chi connectivity index (χ1) is 15.4. The number of nitrogens with zero attached hydrogens (tertiary/aromatic N) is 2. The van der Waals surface area contributed by atoms with Crippen molar-refractivity contribution >= 4 is 25.4 Å². The van der Waals surface area contributed by atoms with Crippen LogP contribution >= 0.6 is 0 Å². The molecular formula is C24H31FN2O4S2. The largest absolute Gasteiger partial charge is 0.369 e. The Labute approximate surface area is 196 Å². The maximum Gasteiger partial charge on any atom is 0.183 e. The van der Waals surface area contributed by atoms with Gasteiger partial charge in [0.05, 0.1) is 21.7 Å². The van der Waals surface area contributed by atoms with Crippen LogP contribution in [-0.4, -0.2) is 70.7 Å². The van der Waals surface area contributed by atoms with Crippen molar-refractivity contribution in [3.8, 4) is 0 Å². The number of sulfone groups is 2. The van der Waals surface area contributed by atoms with E-state index >= 15 is 0 Å². The summed E-state index contributed by atoms with van der Waals surface area (Å²) in [6.07, 6.45) is 0. The molecule has 0 radical (unpaired) electrons. The van der Waals surface area contributed by atoms with Crippen LogP contribution < -0.4 is 4.90 Å². The highest BCUT2D eigenvalue weighted by molar-refractivity contribution is 7.96. The molecule has 180 valence electrons. The van der Waals surface area contributed by atoms with Crippen molar-refractivity contribution in [1.29, 1.82) is 0 Å². The molecular weight excluding hydrogens is 463 g/mol. The van der Waals surface area contributed by atoms with Crippen molar-refractivity contribution in [3.05, 3.63) is 59.9 Å². The van der Waals surface area contributed by atoms with E-state index in [-0.39, 0.29) is 27.6 Å². The lowest BCUT2D eigenvalue weighted by Gasteiger charge is -2.40. The maximum atomic E-state index is 13.5. The third kappa shape index (κ3) is 5.10. The van der Waals surface area contributed by atoms with E-state index in [0.29, 0.717) is 26.2 Å². The highest BCUT2D eigenvalue weighted by atomic mass is 32.2. The first kappa shape index (κ1) is 24.2. The molecule has 0 saturated carbocycles. The minimum absolute atomic E-state index is 0.105. The SMILES string of the molecule is CC(C)(C)c1ccc(S(=O)(=O)[C@H]2CS(=O)(=O)C[C@@H]2N2CCN(c3ccc(F)cc3)CC2)cc1. The lowest BCUT2D eigenvalue weighted by atomic mass is 9.87. The lowest BCUT2D eigenvalue weighted by Crippen LogP contribution is -2.55. The highest BCUT2D eigenvalue weighted by Gasteiger charge is 2.48. The summed E-state index contributed by atoms with van der Waals surface area (Å²) in [5, 5.41) is -0.986. The van der Waals surface area contributed by atoms with Gasteiger partial charge in [0.1, 0.15) is 5.82 Å². The summed E-state index contributed by atoms with van der Waals surface area (Å²) in [6.45, 7) is 8.51. The quantitative estimate of drug-likeness (QED) is 0.651. The lowest BCUT2D eigenvalue weighted by molar-refractivity contribution is 0.201. The normalized spacial score (nSPS) is 24.2. The standard InChI is InChI=1S/C24H31FN2O4S2/c1-24(2,3)18-4-10-21(11-5-18)33(30,31)23-17-32(28,29)16-22(23)27-14-12-26(13-15-27)20-8-6-19(25)7-9-20/h4-11,22-23H,12-17H2,1-3H3/t22-,23-/m0/s1. The Hall–Kier alpha value is -1.97. The monoisotopic (exact) mass is 494 g/mol. The summed E-state index contributed by atoms with van der Waals surface area (Å²) in [5.74, 6) is -0.788. The van der Waals surface area contributed by atoms with E-state index in [1.54, 1.807) is 24.3 Å². The van der Waals surface area contributed by atoms with Crippen LogP contribution in [0.5, 0.6) is 0 Å². The second-order valence-electron chi connectivity index (χ2n) is 10.0. The summed E-state index contributed by atoms with van der Waals surface area (Å²) in [5.41, 5.74) is 1.82. The van der Waals surface area contributed by atoms with E-state index in [2.05, 4.69) is 25.7 Å². The third-order valence-corrected chi connectivity index (χ3v) is 10.8.